The topological polar surface area (TPSA) is 86.9 Å². The molecule has 28 heavy (non-hydrogen) atoms. The van der Waals surface area contributed by atoms with Gasteiger partial charge in [0.2, 0.25) is 5.91 Å². The van der Waals surface area contributed by atoms with Crippen molar-refractivity contribution in [3.8, 4) is 5.75 Å². The average Bonchev–Trinajstić information content (AvgIpc) is 3.29. The molecule has 0 fully saturated rings. The number of fused-ring (bicyclic) bond motifs is 1. The number of nitrogens with zero attached hydrogens (tertiary/aromatic N) is 5. The van der Waals surface area contributed by atoms with Gasteiger partial charge >= 0.3 is 0 Å². The fraction of sp³-hybridized carbons (Fsp3) is 0.400. The smallest absolute Gasteiger partial charge is 0.226 e. The number of amides is 1. The van der Waals surface area contributed by atoms with Crippen LogP contribution in [0.4, 0.5) is 5.82 Å². The summed E-state index contributed by atoms with van der Waals surface area (Å²) >= 11 is 0. The van der Waals surface area contributed by atoms with Crippen LogP contribution in [0.2, 0.25) is 0 Å². The minimum Gasteiger partial charge on any atom is -0.496 e. The van der Waals surface area contributed by atoms with Crippen molar-refractivity contribution in [1.29, 1.82) is 0 Å². The van der Waals surface area contributed by atoms with Gasteiger partial charge in [-0.25, -0.2) is 9.67 Å². The summed E-state index contributed by atoms with van der Waals surface area (Å²) in [5.74, 6) is 1.80. The van der Waals surface area contributed by atoms with Gasteiger partial charge < -0.3 is 10.1 Å². The fourth-order valence-corrected chi connectivity index (χ4v) is 3.86. The molecule has 1 aromatic carbocycles. The lowest BCUT2D eigenvalue weighted by atomic mass is 9.83. The van der Waals surface area contributed by atoms with Crippen LogP contribution in [-0.4, -0.2) is 37.6 Å². The molecule has 1 aliphatic rings. The van der Waals surface area contributed by atoms with Crippen LogP contribution in [0.1, 0.15) is 54.5 Å². The van der Waals surface area contributed by atoms with Crippen LogP contribution < -0.4 is 10.1 Å². The van der Waals surface area contributed by atoms with E-state index in [-0.39, 0.29) is 17.7 Å². The van der Waals surface area contributed by atoms with Crippen molar-refractivity contribution in [2.24, 2.45) is 7.05 Å². The van der Waals surface area contributed by atoms with Crippen molar-refractivity contribution in [2.75, 3.05) is 12.4 Å². The van der Waals surface area contributed by atoms with Crippen LogP contribution in [-0.2, 0) is 18.4 Å². The number of rotatable bonds is 5. The van der Waals surface area contributed by atoms with Gasteiger partial charge in [0.15, 0.2) is 0 Å². The van der Waals surface area contributed by atoms with E-state index < -0.39 is 0 Å². The van der Waals surface area contributed by atoms with Gasteiger partial charge in [0.05, 0.1) is 19.3 Å². The van der Waals surface area contributed by atoms with Crippen molar-refractivity contribution >= 4 is 11.7 Å². The third-order valence-corrected chi connectivity index (χ3v) is 5.16. The predicted octanol–water partition coefficient (Wildman–Crippen LogP) is 2.67. The number of methoxy groups -OCH3 is 1. The van der Waals surface area contributed by atoms with Crippen LogP contribution >= 0.6 is 0 Å². The predicted molar refractivity (Wildman–Crippen MR) is 105 cm³/mol. The molecule has 4 rings (SSSR count). The molecule has 0 saturated carbocycles. The summed E-state index contributed by atoms with van der Waals surface area (Å²) in [6.07, 6.45) is 3.59. The molecule has 0 saturated heterocycles. The number of nitrogens with one attached hydrogen (secondary N) is 1. The van der Waals surface area contributed by atoms with Crippen molar-refractivity contribution in [3.63, 3.8) is 0 Å². The third kappa shape index (κ3) is 3.15. The van der Waals surface area contributed by atoms with E-state index in [1.165, 1.54) is 6.33 Å². The standard InChI is InChI=1S/C20H24N6O2/c1-12(2)19-18-15(8-17(27)23-20(18)25(3)24-19)13-5-6-16(28-4)14(7-13)9-26-11-21-10-22-26/h5-7,10-12,15H,8-9H2,1-4H3,(H,23,27). The van der Waals surface area contributed by atoms with E-state index in [1.54, 1.807) is 22.8 Å². The Balaban J connectivity index is 1.80. The minimum atomic E-state index is -0.0461. The first kappa shape index (κ1) is 18.2. The van der Waals surface area contributed by atoms with Gasteiger partial charge in [0, 0.05) is 30.5 Å². The number of carbonyl (C=O) groups excluding carboxylic acids is 1. The second-order valence-corrected chi connectivity index (χ2v) is 7.40. The summed E-state index contributed by atoms with van der Waals surface area (Å²) in [5, 5.41) is 11.9. The zero-order valence-electron chi connectivity index (χ0n) is 16.5. The summed E-state index contributed by atoms with van der Waals surface area (Å²) in [7, 11) is 3.53. The van der Waals surface area contributed by atoms with E-state index in [1.807, 2.05) is 19.2 Å². The number of ether oxygens (including phenoxy) is 1. The Morgan fingerprint density at radius 1 is 1.36 bits per heavy atom. The highest BCUT2D eigenvalue weighted by atomic mass is 16.5. The Kier molecular flexibility index (Phi) is 4.62. The molecular formula is C20H24N6O2. The lowest BCUT2D eigenvalue weighted by Crippen LogP contribution is -2.25. The normalized spacial score (nSPS) is 16.2. The second kappa shape index (κ2) is 7.10. The lowest BCUT2D eigenvalue weighted by Gasteiger charge is -2.25. The summed E-state index contributed by atoms with van der Waals surface area (Å²) in [4.78, 5) is 16.4. The SMILES string of the molecule is COc1ccc(C2CC(=O)Nc3c2c(C(C)C)nn3C)cc1Cn1cncn1. The molecule has 3 heterocycles. The van der Waals surface area contributed by atoms with Crippen LogP contribution in [0.15, 0.2) is 30.9 Å². The van der Waals surface area contributed by atoms with Crippen LogP contribution in [0.5, 0.6) is 5.75 Å². The van der Waals surface area contributed by atoms with Gasteiger partial charge in [-0.05, 0) is 23.6 Å². The highest BCUT2D eigenvalue weighted by Gasteiger charge is 2.33. The molecule has 0 aliphatic carbocycles. The molecular weight excluding hydrogens is 356 g/mol. The first-order valence-corrected chi connectivity index (χ1v) is 9.33. The Morgan fingerprint density at radius 2 is 2.18 bits per heavy atom. The van der Waals surface area contributed by atoms with E-state index in [4.69, 9.17) is 4.74 Å². The van der Waals surface area contributed by atoms with Crippen LogP contribution in [0.3, 0.4) is 0 Å². The van der Waals surface area contributed by atoms with Crippen molar-refractivity contribution in [2.45, 2.75) is 38.6 Å². The minimum absolute atomic E-state index is 0.00412. The van der Waals surface area contributed by atoms with Crippen molar-refractivity contribution < 1.29 is 9.53 Å². The molecule has 0 radical (unpaired) electrons. The van der Waals surface area contributed by atoms with E-state index >= 15 is 0 Å². The molecule has 1 aliphatic heterocycles. The fourth-order valence-electron chi connectivity index (χ4n) is 3.86. The summed E-state index contributed by atoms with van der Waals surface area (Å²) < 4.78 is 9.06. The second-order valence-electron chi connectivity index (χ2n) is 7.40. The van der Waals surface area contributed by atoms with Crippen molar-refractivity contribution in [3.05, 3.63) is 53.2 Å². The maximum absolute atomic E-state index is 12.4. The average molecular weight is 380 g/mol. The quantitative estimate of drug-likeness (QED) is 0.735. The molecule has 1 amide bonds. The Bertz CT molecular complexity index is 1010. The molecule has 1 unspecified atom stereocenters. The Hall–Kier alpha value is -3.16. The molecule has 146 valence electrons. The van der Waals surface area contributed by atoms with E-state index in [2.05, 4.69) is 40.4 Å². The maximum Gasteiger partial charge on any atom is 0.226 e. The summed E-state index contributed by atoms with van der Waals surface area (Å²) in [6.45, 7) is 4.80. The molecule has 0 spiro atoms. The number of hydrogen-bond donors (Lipinski definition) is 1. The molecule has 8 nitrogen and oxygen atoms in total. The number of carbonyl (C=O) groups is 1. The summed E-state index contributed by atoms with van der Waals surface area (Å²) in [6, 6.07) is 6.09. The van der Waals surface area contributed by atoms with Gasteiger partial charge in [-0.2, -0.15) is 10.2 Å². The zero-order valence-corrected chi connectivity index (χ0v) is 16.5. The van der Waals surface area contributed by atoms with Crippen LogP contribution in [0.25, 0.3) is 0 Å². The summed E-state index contributed by atoms with van der Waals surface area (Å²) in [5.41, 5.74) is 4.19. The monoisotopic (exact) mass is 380 g/mol. The number of aromatic nitrogens is 5. The molecule has 8 heteroatoms. The number of anilines is 1. The van der Waals surface area contributed by atoms with Gasteiger partial charge in [-0.1, -0.05) is 19.9 Å². The van der Waals surface area contributed by atoms with E-state index in [0.29, 0.717) is 13.0 Å². The molecule has 0 bridgehead atoms. The first-order valence-electron chi connectivity index (χ1n) is 9.33. The molecule has 3 aromatic rings. The number of benzene rings is 1. The van der Waals surface area contributed by atoms with Gasteiger partial charge in [-0.15, -0.1) is 0 Å². The van der Waals surface area contributed by atoms with E-state index in [9.17, 15) is 4.79 Å². The lowest BCUT2D eigenvalue weighted by molar-refractivity contribution is -0.116. The first-order chi connectivity index (χ1) is 13.5. The Labute approximate surface area is 163 Å². The highest BCUT2D eigenvalue weighted by molar-refractivity contribution is 5.94. The molecule has 1 N–H and O–H groups in total. The van der Waals surface area contributed by atoms with Crippen molar-refractivity contribution in [1.82, 2.24) is 24.5 Å². The Morgan fingerprint density at radius 3 is 2.86 bits per heavy atom. The largest absolute Gasteiger partial charge is 0.496 e. The highest BCUT2D eigenvalue weighted by Crippen LogP contribution is 2.42. The maximum atomic E-state index is 12.4. The van der Waals surface area contributed by atoms with E-state index in [0.717, 1.165) is 34.0 Å². The molecule has 1 atom stereocenters. The van der Waals surface area contributed by atoms with Gasteiger partial charge in [0.25, 0.3) is 0 Å². The number of aryl methyl sites for hydroxylation is 1. The van der Waals surface area contributed by atoms with Crippen LogP contribution in [0, 0.1) is 0 Å². The molecule has 2 aromatic heterocycles. The van der Waals surface area contributed by atoms with Gasteiger partial charge in [-0.3, -0.25) is 9.48 Å². The third-order valence-electron chi connectivity index (χ3n) is 5.16. The van der Waals surface area contributed by atoms with Gasteiger partial charge in [0.1, 0.15) is 24.2 Å². The number of hydrogen-bond acceptors (Lipinski definition) is 5. The zero-order chi connectivity index (χ0) is 19.8.